The van der Waals surface area contributed by atoms with Crippen LogP contribution in [0.2, 0.25) is 0 Å². The number of fused-ring (bicyclic) bond motifs is 1. The van der Waals surface area contributed by atoms with Crippen molar-refractivity contribution in [2.75, 3.05) is 10.6 Å². The van der Waals surface area contributed by atoms with Gasteiger partial charge in [-0.3, -0.25) is 4.79 Å². The lowest BCUT2D eigenvalue weighted by Crippen LogP contribution is -2.46. The van der Waals surface area contributed by atoms with Crippen molar-refractivity contribution in [2.45, 2.75) is 19.4 Å². The predicted molar refractivity (Wildman–Crippen MR) is 50.7 cm³/mol. The van der Waals surface area contributed by atoms with Crippen molar-refractivity contribution in [3.05, 3.63) is 11.4 Å². The lowest BCUT2D eigenvalue weighted by Gasteiger charge is -2.30. The molecule has 2 heterocycles. The van der Waals surface area contributed by atoms with Crippen LogP contribution in [-0.4, -0.2) is 11.4 Å². The largest absolute Gasteiger partial charge is 0.362 e. The quantitative estimate of drug-likeness (QED) is 0.643. The molecule has 3 nitrogen and oxygen atoms in total. The molecule has 1 amide bonds. The molecule has 0 aromatic carbocycles. The van der Waals surface area contributed by atoms with E-state index in [0.717, 1.165) is 10.7 Å². The molecule has 1 aliphatic rings. The highest BCUT2D eigenvalue weighted by molar-refractivity contribution is 7.15. The van der Waals surface area contributed by atoms with Crippen LogP contribution in [0.3, 0.4) is 0 Å². The summed E-state index contributed by atoms with van der Waals surface area (Å²) in [6, 6.07) is 1.90. The number of amides is 1. The van der Waals surface area contributed by atoms with Crippen molar-refractivity contribution < 1.29 is 4.79 Å². The smallest absolute Gasteiger partial charge is 0.249 e. The van der Waals surface area contributed by atoms with Gasteiger partial charge in [0.15, 0.2) is 0 Å². The minimum absolute atomic E-state index is 0.0217. The number of carbonyl (C=O) groups excluding carboxylic acids is 1. The monoisotopic (exact) mass is 182 g/mol. The van der Waals surface area contributed by atoms with Gasteiger partial charge in [-0.15, -0.1) is 11.3 Å². The number of hydrogen-bond donors (Lipinski definition) is 2. The van der Waals surface area contributed by atoms with Crippen molar-refractivity contribution >= 4 is 27.9 Å². The summed E-state index contributed by atoms with van der Waals surface area (Å²) in [7, 11) is 0. The van der Waals surface area contributed by atoms with Crippen LogP contribution in [0.1, 0.15) is 13.8 Å². The fourth-order valence-electron chi connectivity index (χ4n) is 1.12. The minimum Gasteiger partial charge on any atom is -0.362 e. The Balaban J connectivity index is 2.42. The highest BCUT2D eigenvalue weighted by Gasteiger charge is 2.33. The second-order valence-corrected chi connectivity index (χ2v) is 4.28. The zero-order valence-corrected chi connectivity index (χ0v) is 7.79. The van der Waals surface area contributed by atoms with Crippen LogP contribution in [0.5, 0.6) is 0 Å². The number of anilines is 2. The molecule has 0 saturated carbocycles. The molecule has 0 saturated heterocycles. The summed E-state index contributed by atoms with van der Waals surface area (Å²) in [4.78, 5) is 11.4. The number of carbonyl (C=O) groups is 1. The first-order valence-electron chi connectivity index (χ1n) is 3.77. The molecule has 2 N–H and O–H groups in total. The van der Waals surface area contributed by atoms with Crippen molar-refractivity contribution in [1.82, 2.24) is 0 Å². The van der Waals surface area contributed by atoms with Crippen molar-refractivity contribution in [3.63, 3.8) is 0 Å². The van der Waals surface area contributed by atoms with Gasteiger partial charge >= 0.3 is 0 Å². The van der Waals surface area contributed by atoms with Crippen LogP contribution in [0.25, 0.3) is 0 Å². The predicted octanol–water partition coefficient (Wildman–Crippen LogP) is 1.89. The topological polar surface area (TPSA) is 41.1 Å². The Bertz CT molecular complexity index is 330. The van der Waals surface area contributed by atoms with E-state index in [1.54, 1.807) is 11.3 Å². The van der Waals surface area contributed by atoms with E-state index in [-0.39, 0.29) is 5.91 Å². The first-order valence-corrected chi connectivity index (χ1v) is 4.65. The van der Waals surface area contributed by atoms with E-state index < -0.39 is 5.54 Å². The van der Waals surface area contributed by atoms with Gasteiger partial charge in [-0.25, -0.2) is 0 Å². The Morgan fingerprint density at radius 2 is 2.25 bits per heavy atom. The minimum atomic E-state index is -0.488. The summed E-state index contributed by atoms with van der Waals surface area (Å²) in [5.41, 5.74) is 0.405. The maximum absolute atomic E-state index is 11.4. The first-order chi connectivity index (χ1) is 5.59. The highest BCUT2D eigenvalue weighted by Crippen LogP contribution is 2.35. The SMILES string of the molecule is CC1(C)Nc2sccc2NC1=O. The van der Waals surface area contributed by atoms with Gasteiger partial charge in [0, 0.05) is 0 Å². The summed E-state index contributed by atoms with van der Waals surface area (Å²) >= 11 is 1.60. The molecule has 0 spiro atoms. The third kappa shape index (κ3) is 0.992. The van der Waals surface area contributed by atoms with E-state index in [2.05, 4.69) is 10.6 Å². The maximum Gasteiger partial charge on any atom is 0.249 e. The van der Waals surface area contributed by atoms with E-state index >= 15 is 0 Å². The fraction of sp³-hybridized carbons (Fsp3) is 0.375. The summed E-state index contributed by atoms with van der Waals surface area (Å²) in [5, 5.41) is 9.01. The van der Waals surface area contributed by atoms with Gasteiger partial charge in [-0.1, -0.05) is 0 Å². The van der Waals surface area contributed by atoms with Gasteiger partial charge < -0.3 is 10.6 Å². The average Bonchev–Trinajstić information content (AvgIpc) is 2.35. The van der Waals surface area contributed by atoms with Crippen LogP contribution >= 0.6 is 11.3 Å². The summed E-state index contributed by atoms with van der Waals surface area (Å²) < 4.78 is 0. The Kier molecular flexibility index (Phi) is 1.41. The van der Waals surface area contributed by atoms with Crippen LogP contribution in [0.4, 0.5) is 10.7 Å². The molecule has 0 bridgehead atoms. The molecule has 0 radical (unpaired) electrons. The molecule has 64 valence electrons. The van der Waals surface area contributed by atoms with E-state index in [4.69, 9.17) is 0 Å². The molecule has 0 aliphatic carbocycles. The van der Waals surface area contributed by atoms with Crippen LogP contribution < -0.4 is 10.6 Å². The van der Waals surface area contributed by atoms with Gasteiger partial charge in [-0.05, 0) is 25.3 Å². The second kappa shape index (κ2) is 2.23. The molecule has 12 heavy (non-hydrogen) atoms. The van der Waals surface area contributed by atoms with Gasteiger partial charge in [0.25, 0.3) is 0 Å². The van der Waals surface area contributed by atoms with Crippen molar-refractivity contribution in [1.29, 1.82) is 0 Å². The number of rotatable bonds is 0. The molecule has 1 aliphatic heterocycles. The standard InChI is InChI=1S/C8H10N2OS/c1-8(2)7(11)9-5-3-4-12-6(5)10-8/h3-4,10H,1-2H3,(H,9,11). The first kappa shape index (κ1) is 7.61. The molecule has 1 aromatic heterocycles. The molecular weight excluding hydrogens is 172 g/mol. The van der Waals surface area contributed by atoms with Gasteiger partial charge in [-0.2, -0.15) is 0 Å². The lowest BCUT2D eigenvalue weighted by atomic mass is 10.0. The third-order valence-electron chi connectivity index (χ3n) is 1.91. The fourth-order valence-corrected chi connectivity index (χ4v) is 2.02. The number of thiophene rings is 1. The zero-order chi connectivity index (χ0) is 8.77. The summed E-state index contributed by atoms with van der Waals surface area (Å²) in [6.45, 7) is 3.73. The molecule has 1 aromatic rings. The van der Waals surface area contributed by atoms with Gasteiger partial charge in [0.2, 0.25) is 5.91 Å². The van der Waals surface area contributed by atoms with E-state index in [1.807, 2.05) is 25.3 Å². The third-order valence-corrected chi connectivity index (χ3v) is 2.74. The maximum atomic E-state index is 11.4. The number of hydrogen-bond acceptors (Lipinski definition) is 3. The summed E-state index contributed by atoms with van der Waals surface area (Å²) in [5.74, 6) is 0.0217. The highest BCUT2D eigenvalue weighted by atomic mass is 32.1. The zero-order valence-electron chi connectivity index (χ0n) is 6.97. The Morgan fingerprint density at radius 1 is 1.50 bits per heavy atom. The van der Waals surface area contributed by atoms with Gasteiger partial charge in [0.1, 0.15) is 10.5 Å². The summed E-state index contributed by atoms with van der Waals surface area (Å²) in [6.07, 6.45) is 0. The molecule has 4 heteroatoms. The van der Waals surface area contributed by atoms with Crippen LogP contribution in [0, 0.1) is 0 Å². The molecule has 2 rings (SSSR count). The second-order valence-electron chi connectivity index (χ2n) is 3.37. The van der Waals surface area contributed by atoms with E-state index in [9.17, 15) is 4.79 Å². The lowest BCUT2D eigenvalue weighted by molar-refractivity contribution is -0.119. The Morgan fingerprint density at radius 3 is 3.00 bits per heavy atom. The van der Waals surface area contributed by atoms with Gasteiger partial charge in [0.05, 0.1) is 5.69 Å². The van der Waals surface area contributed by atoms with E-state index in [0.29, 0.717) is 0 Å². The van der Waals surface area contributed by atoms with Crippen LogP contribution in [0.15, 0.2) is 11.4 Å². The normalized spacial score (nSPS) is 19.3. The van der Waals surface area contributed by atoms with Crippen LogP contribution in [-0.2, 0) is 4.79 Å². The molecule has 0 atom stereocenters. The molecule has 0 unspecified atom stereocenters. The Hall–Kier alpha value is -1.03. The Labute approximate surface area is 74.8 Å². The van der Waals surface area contributed by atoms with E-state index in [1.165, 1.54) is 0 Å². The van der Waals surface area contributed by atoms with Crippen molar-refractivity contribution in [2.24, 2.45) is 0 Å². The molecule has 0 fully saturated rings. The van der Waals surface area contributed by atoms with Crippen molar-refractivity contribution in [3.8, 4) is 0 Å². The number of nitrogens with one attached hydrogen (secondary N) is 2. The average molecular weight is 182 g/mol. The molecular formula is C8H10N2OS.